The lowest BCUT2D eigenvalue weighted by molar-refractivity contribution is 0.102. The normalized spacial score (nSPS) is 15.6. The SMILES string of the molecule is C[C@H]1COC(c2ccccc2NC(=O)c2ccc(-c3ccccn3)cc2N)=N1. The number of carbonyl (C=O) groups excluding carboxylic acids is 1. The first-order valence-corrected chi connectivity index (χ1v) is 9.04. The van der Waals surface area contributed by atoms with Crippen LogP contribution in [0.4, 0.5) is 11.4 Å². The summed E-state index contributed by atoms with van der Waals surface area (Å²) in [5.74, 6) is 0.256. The van der Waals surface area contributed by atoms with E-state index in [0.29, 0.717) is 29.4 Å². The van der Waals surface area contributed by atoms with Gasteiger partial charge in [0.05, 0.1) is 28.6 Å². The number of nitrogens with one attached hydrogen (secondary N) is 1. The third kappa shape index (κ3) is 3.57. The molecule has 3 N–H and O–H groups in total. The fraction of sp³-hybridized carbons (Fsp3) is 0.136. The molecule has 2 aromatic carbocycles. The molecule has 1 aliphatic rings. The zero-order chi connectivity index (χ0) is 19.5. The van der Waals surface area contributed by atoms with Gasteiger partial charge in [0.2, 0.25) is 5.90 Å². The molecule has 0 saturated carbocycles. The first-order valence-electron chi connectivity index (χ1n) is 9.04. The van der Waals surface area contributed by atoms with E-state index in [1.165, 1.54) is 0 Å². The van der Waals surface area contributed by atoms with Crippen LogP contribution in [-0.2, 0) is 4.74 Å². The zero-order valence-electron chi connectivity index (χ0n) is 15.4. The Morgan fingerprint density at radius 2 is 1.96 bits per heavy atom. The van der Waals surface area contributed by atoms with Gasteiger partial charge < -0.3 is 15.8 Å². The molecule has 0 fully saturated rings. The second-order valence-corrected chi connectivity index (χ2v) is 6.61. The Bertz CT molecular complexity index is 1050. The summed E-state index contributed by atoms with van der Waals surface area (Å²) in [6.45, 7) is 2.53. The number of pyridine rings is 1. The van der Waals surface area contributed by atoms with Crippen molar-refractivity contribution in [3.8, 4) is 11.3 Å². The molecule has 4 rings (SSSR count). The lowest BCUT2D eigenvalue weighted by atomic mass is 10.1. The fourth-order valence-electron chi connectivity index (χ4n) is 3.05. The van der Waals surface area contributed by atoms with E-state index in [2.05, 4.69) is 15.3 Å². The van der Waals surface area contributed by atoms with Crippen molar-refractivity contribution in [3.63, 3.8) is 0 Å². The molecule has 6 heteroatoms. The number of hydrogen-bond acceptors (Lipinski definition) is 5. The van der Waals surface area contributed by atoms with Gasteiger partial charge in [0.1, 0.15) is 6.61 Å². The number of amides is 1. The molecule has 1 atom stereocenters. The van der Waals surface area contributed by atoms with Gasteiger partial charge >= 0.3 is 0 Å². The monoisotopic (exact) mass is 372 g/mol. The quantitative estimate of drug-likeness (QED) is 0.683. The molecule has 0 aliphatic carbocycles. The van der Waals surface area contributed by atoms with E-state index in [1.54, 1.807) is 18.3 Å². The van der Waals surface area contributed by atoms with Crippen molar-refractivity contribution >= 4 is 23.2 Å². The summed E-state index contributed by atoms with van der Waals surface area (Å²) in [7, 11) is 0. The number of para-hydroxylation sites is 1. The van der Waals surface area contributed by atoms with Crippen molar-refractivity contribution < 1.29 is 9.53 Å². The van der Waals surface area contributed by atoms with Crippen LogP contribution < -0.4 is 11.1 Å². The Labute approximate surface area is 163 Å². The summed E-state index contributed by atoms with van der Waals surface area (Å²) in [4.78, 5) is 21.6. The topological polar surface area (TPSA) is 89.6 Å². The maximum atomic E-state index is 12.8. The Kier molecular flexibility index (Phi) is 4.76. The van der Waals surface area contributed by atoms with Gasteiger partial charge in [0, 0.05) is 17.4 Å². The van der Waals surface area contributed by atoms with Gasteiger partial charge in [0.15, 0.2) is 0 Å². The number of rotatable bonds is 4. The average Bonchev–Trinajstić information content (AvgIpc) is 3.15. The number of ether oxygens (including phenoxy) is 1. The molecule has 0 radical (unpaired) electrons. The van der Waals surface area contributed by atoms with Crippen LogP contribution in [0.5, 0.6) is 0 Å². The smallest absolute Gasteiger partial charge is 0.257 e. The van der Waals surface area contributed by atoms with Crippen LogP contribution >= 0.6 is 0 Å². The minimum Gasteiger partial charge on any atom is -0.475 e. The molecule has 2 heterocycles. The van der Waals surface area contributed by atoms with Crippen molar-refractivity contribution in [3.05, 3.63) is 78.0 Å². The van der Waals surface area contributed by atoms with E-state index in [9.17, 15) is 4.79 Å². The Balaban J connectivity index is 1.59. The molecule has 0 unspecified atom stereocenters. The first kappa shape index (κ1) is 17.7. The molecule has 28 heavy (non-hydrogen) atoms. The van der Waals surface area contributed by atoms with Crippen LogP contribution in [0, 0.1) is 0 Å². The van der Waals surface area contributed by atoms with E-state index < -0.39 is 0 Å². The van der Waals surface area contributed by atoms with Crippen molar-refractivity contribution in [1.29, 1.82) is 0 Å². The molecule has 0 saturated heterocycles. The van der Waals surface area contributed by atoms with Gasteiger partial charge in [0.25, 0.3) is 5.91 Å². The molecule has 1 amide bonds. The van der Waals surface area contributed by atoms with E-state index >= 15 is 0 Å². The highest BCUT2D eigenvalue weighted by atomic mass is 16.5. The number of nitrogens with two attached hydrogens (primary N) is 1. The van der Waals surface area contributed by atoms with Crippen molar-refractivity contribution in [1.82, 2.24) is 4.98 Å². The second-order valence-electron chi connectivity index (χ2n) is 6.61. The third-order valence-electron chi connectivity index (χ3n) is 4.46. The van der Waals surface area contributed by atoms with Crippen LogP contribution in [-0.4, -0.2) is 29.4 Å². The van der Waals surface area contributed by atoms with E-state index in [0.717, 1.165) is 16.8 Å². The number of anilines is 2. The van der Waals surface area contributed by atoms with Gasteiger partial charge in [-0.2, -0.15) is 0 Å². The minimum atomic E-state index is -0.288. The molecule has 6 nitrogen and oxygen atoms in total. The molecule has 3 aromatic rings. The second kappa shape index (κ2) is 7.52. The minimum absolute atomic E-state index is 0.105. The highest BCUT2D eigenvalue weighted by Gasteiger charge is 2.20. The number of aromatic nitrogens is 1. The highest BCUT2D eigenvalue weighted by molar-refractivity contribution is 6.11. The number of benzene rings is 2. The van der Waals surface area contributed by atoms with Crippen LogP contribution in [0.2, 0.25) is 0 Å². The van der Waals surface area contributed by atoms with Gasteiger partial charge in [-0.1, -0.05) is 24.3 Å². The molecule has 0 spiro atoms. The predicted molar refractivity (Wildman–Crippen MR) is 110 cm³/mol. The van der Waals surface area contributed by atoms with Crippen LogP contribution in [0.15, 0.2) is 71.9 Å². The Hall–Kier alpha value is -3.67. The van der Waals surface area contributed by atoms with E-state index in [4.69, 9.17) is 10.5 Å². The Morgan fingerprint density at radius 3 is 2.68 bits per heavy atom. The largest absolute Gasteiger partial charge is 0.475 e. The zero-order valence-corrected chi connectivity index (χ0v) is 15.4. The summed E-state index contributed by atoms with van der Waals surface area (Å²) in [6.07, 6.45) is 1.72. The van der Waals surface area contributed by atoms with Crippen LogP contribution in [0.3, 0.4) is 0 Å². The number of nitrogen functional groups attached to an aromatic ring is 1. The molecular weight excluding hydrogens is 352 g/mol. The maximum absolute atomic E-state index is 12.8. The molecule has 1 aliphatic heterocycles. The maximum Gasteiger partial charge on any atom is 0.257 e. The number of hydrogen-bond donors (Lipinski definition) is 2. The Morgan fingerprint density at radius 1 is 1.14 bits per heavy atom. The van der Waals surface area contributed by atoms with Gasteiger partial charge in [-0.05, 0) is 43.3 Å². The number of nitrogens with zero attached hydrogens (tertiary/aromatic N) is 2. The summed E-state index contributed by atoms with van der Waals surface area (Å²) in [5, 5.41) is 2.92. The van der Waals surface area contributed by atoms with Crippen LogP contribution in [0.25, 0.3) is 11.3 Å². The molecular formula is C22H20N4O2. The average molecular weight is 372 g/mol. The van der Waals surface area contributed by atoms with Gasteiger partial charge in [-0.15, -0.1) is 0 Å². The predicted octanol–water partition coefficient (Wildman–Crippen LogP) is 3.75. The van der Waals surface area contributed by atoms with Crippen molar-refractivity contribution in [2.24, 2.45) is 4.99 Å². The molecule has 0 bridgehead atoms. The van der Waals surface area contributed by atoms with E-state index in [-0.39, 0.29) is 11.9 Å². The summed E-state index contributed by atoms with van der Waals surface area (Å²) in [6, 6.07) is 18.5. The molecule has 140 valence electrons. The van der Waals surface area contributed by atoms with E-state index in [1.807, 2.05) is 55.5 Å². The van der Waals surface area contributed by atoms with Gasteiger partial charge in [-0.25, -0.2) is 4.99 Å². The summed E-state index contributed by atoms with van der Waals surface area (Å²) in [5.41, 5.74) is 9.99. The van der Waals surface area contributed by atoms with Crippen molar-refractivity contribution in [2.45, 2.75) is 13.0 Å². The van der Waals surface area contributed by atoms with Gasteiger partial charge in [-0.3, -0.25) is 9.78 Å². The lowest BCUT2D eigenvalue weighted by Crippen LogP contribution is -2.16. The fourth-order valence-corrected chi connectivity index (χ4v) is 3.05. The summed E-state index contributed by atoms with van der Waals surface area (Å²) < 4.78 is 5.63. The molecule has 1 aromatic heterocycles. The number of aliphatic imine (C=N–C) groups is 1. The third-order valence-corrected chi connectivity index (χ3v) is 4.46. The number of carbonyl (C=O) groups is 1. The first-order chi connectivity index (χ1) is 13.6. The van der Waals surface area contributed by atoms with Crippen molar-refractivity contribution in [2.75, 3.05) is 17.7 Å². The standard InChI is InChI=1S/C22H20N4O2/c1-14-13-28-22(25-14)17-6-2-3-8-20(17)26-21(27)16-10-9-15(12-18(16)23)19-7-4-5-11-24-19/h2-12,14H,13,23H2,1H3,(H,26,27)/t14-/m0/s1. The highest BCUT2D eigenvalue weighted by Crippen LogP contribution is 2.25. The lowest BCUT2D eigenvalue weighted by Gasteiger charge is -2.12. The van der Waals surface area contributed by atoms with Crippen LogP contribution in [0.1, 0.15) is 22.8 Å². The summed E-state index contributed by atoms with van der Waals surface area (Å²) >= 11 is 0.